The number of benzene rings is 1. The van der Waals surface area contributed by atoms with Gasteiger partial charge in [0, 0.05) is 52.0 Å². The van der Waals surface area contributed by atoms with Gasteiger partial charge in [0.1, 0.15) is 17.0 Å². The number of piperazine rings is 1. The van der Waals surface area contributed by atoms with Crippen molar-refractivity contribution in [3.63, 3.8) is 0 Å². The minimum Gasteiger partial charge on any atom is -0.385 e. The smallest absolute Gasteiger partial charge is 0.259 e. The number of aromatic nitrogens is 1. The number of carbonyl (C=O) groups excluding carboxylic acids is 2. The van der Waals surface area contributed by atoms with Crippen LogP contribution in [-0.2, 0) is 9.53 Å². The maximum atomic E-state index is 13.3. The van der Waals surface area contributed by atoms with Gasteiger partial charge in [-0.05, 0) is 25.5 Å². The van der Waals surface area contributed by atoms with Gasteiger partial charge in [0.05, 0.1) is 16.6 Å². The second kappa shape index (κ2) is 10.9. The number of hydrogen-bond donors (Lipinski definition) is 1. The molecule has 0 bridgehead atoms. The van der Waals surface area contributed by atoms with Crippen LogP contribution >= 0.6 is 23.2 Å². The number of carbonyl (C=O) groups is 2. The molecule has 0 saturated carbocycles. The molecule has 1 fully saturated rings. The first kappa shape index (κ1) is 23.5. The molecule has 2 heterocycles. The van der Waals surface area contributed by atoms with E-state index in [0.29, 0.717) is 78.5 Å². The van der Waals surface area contributed by atoms with Gasteiger partial charge in [0.15, 0.2) is 0 Å². The summed E-state index contributed by atoms with van der Waals surface area (Å²) < 4.78 is 10.3. The molecule has 3 rings (SSSR count). The normalized spacial score (nSPS) is 14.6. The van der Waals surface area contributed by atoms with Crippen LogP contribution in [-0.4, -0.2) is 79.8 Å². The quantitative estimate of drug-likeness (QED) is 0.599. The molecular weight excluding hydrogens is 443 g/mol. The zero-order valence-electron chi connectivity index (χ0n) is 17.6. The van der Waals surface area contributed by atoms with Crippen molar-refractivity contribution in [2.75, 3.05) is 53.0 Å². The fourth-order valence-electron chi connectivity index (χ4n) is 3.49. The molecule has 1 aromatic carbocycles. The highest BCUT2D eigenvalue weighted by Gasteiger charge is 2.30. The van der Waals surface area contributed by atoms with Crippen molar-refractivity contribution >= 4 is 35.0 Å². The van der Waals surface area contributed by atoms with Crippen molar-refractivity contribution in [1.82, 2.24) is 20.3 Å². The number of nitrogens with one attached hydrogen (secondary N) is 1. The Balaban J connectivity index is 1.62. The summed E-state index contributed by atoms with van der Waals surface area (Å²) in [6.45, 7) is 5.40. The summed E-state index contributed by atoms with van der Waals surface area (Å²) >= 11 is 12.6. The number of methoxy groups -OCH3 is 1. The fraction of sp³-hybridized carbons (Fsp3) is 0.476. The van der Waals surface area contributed by atoms with Crippen LogP contribution in [0.15, 0.2) is 22.7 Å². The van der Waals surface area contributed by atoms with E-state index in [1.165, 1.54) is 0 Å². The highest BCUT2D eigenvalue weighted by atomic mass is 35.5. The Labute approximate surface area is 191 Å². The molecule has 31 heavy (non-hydrogen) atoms. The highest BCUT2D eigenvalue weighted by Crippen LogP contribution is 2.37. The molecule has 1 N–H and O–H groups in total. The zero-order valence-corrected chi connectivity index (χ0v) is 19.1. The lowest BCUT2D eigenvalue weighted by atomic mass is 10.0. The highest BCUT2D eigenvalue weighted by molar-refractivity contribution is 6.39. The second-order valence-corrected chi connectivity index (χ2v) is 8.14. The van der Waals surface area contributed by atoms with Crippen LogP contribution in [0.25, 0.3) is 11.3 Å². The van der Waals surface area contributed by atoms with Gasteiger partial charge in [-0.15, -0.1) is 0 Å². The number of rotatable bonds is 8. The Kier molecular flexibility index (Phi) is 8.31. The van der Waals surface area contributed by atoms with E-state index in [0.717, 1.165) is 6.42 Å². The molecule has 0 aliphatic carbocycles. The monoisotopic (exact) mass is 468 g/mol. The number of nitrogens with zero attached hydrogens (tertiary/aromatic N) is 3. The van der Waals surface area contributed by atoms with Gasteiger partial charge in [-0.25, -0.2) is 0 Å². The van der Waals surface area contributed by atoms with Crippen LogP contribution in [0.2, 0.25) is 10.0 Å². The summed E-state index contributed by atoms with van der Waals surface area (Å²) in [5, 5.41) is 7.73. The number of amides is 2. The van der Waals surface area contributed by atoms with Crippen LogP contribution < -0.4 is 5.32 Å². The summed E-state index contributed by atoms with van der Waals surface area (Å²) in [7, 11) is 1.63. The second-order valence-electron chi connectivity index (χ2n) is 7.32. The predicted octanol–water partition coefficient (Wildman–Crippen LogP) is 2.87. The van der Waals surface area contributed by atoms with E-state index in [2.05, 4.69) is 10.5 Å². The topological polar surface area (TPSA) is 87.9 Å². The average molecular weight is 469 g/mol. The predicted molar refractivity (Wildman–Crippen MR) is 119 cm³/mol. The molecule has 0 atom stereocenters. The molecule has 2 amide bonds. The zero-order chi connectivity index (χ0) is 22.4. The Bertz CT molecular complexity index is 906. The molecule has 10 heteroatoms. The average Bonchev–Trinajstić information content (AvgIpc) is 3.12. The van der Waals surface area contributed by atoms with Gasteiger partial charge in [-0.3, -0.25) is 14.5 Å². The van der Waals surface area contributed by atoms with Crippen LogP contribution in [0.1, 0.15) is 22.5 Å². The van der Waals surface area contributed by atoms with Crippen molar-refractivity contribution in [2.24, 2.45) is 0 Å². The summed E-state index contributed by atoms with van der Waals surface area (Å²) in [6, 6.07) is 5.12. The third kappa shape index (κ3) is 5.77. The molecule has 168 valence electrons. The van der Waals surface area contributed by atoms with Gasteiger partial charge in [0.2, 0.25) is 5.91 Å². The summed E-state index contributed by atoms with van der Waals surface area (Å²) in [6.07, 6.45) is 0.778. The van der Waals surface area contributed by atoms with E-state index in [-0.39, 0.29) is 11.8 Å². The van der Waals surface area contributed by atoms with Crippen LogP contribution in [0, 0.1) is 6.92 Å². The first-order chi connectivity index (χ1) is 14.9. The molecule has 0 unspecified atom stereocenters. The van der Waals surface area contributed by atoms with Crippen molar-refractivity contribution in [1.29, 1.82) is 0 Å². The van der Waals surface area contributed by atoms with Gasteiger partial charge in [-0.1, -0.05) is 34.4 Å². The third-order valence-electron chi connectivity index (χ3n) is 5.15. The van der Waals surface area contributed by atoms with E-state index in [1.807, 2.05) is 4.90 Å². The number of hydrogen-bond acceptors (Lipinski definition) is 6. The van der Waals surface area contributed by atoms with Gasteiger partial charge in [-0.2, -0.15) is 0 Å². The maximum absolute atomic E-state index is 13.3. The Morgan fingerprint density at radius 1 is 1.19 bits per heavy atom. The van der Waals surface area contributed by atoms with Crippen molar-refractivity contribution in [3.05, 3.63) is 39.6 Å². The van der Waals surface area contributed by atoms with E-state index in [9.17, 15) is 9.59 Å². The van der Waals surface area contributed by atoms with E-state index < -0.39 is 0 Å². The van der Waals surface area contributed by atoms with Crippen molar-refractivity contribution < 1.29 is 18.8 Å². The van der Waals surface area contributed by atoms with Crippen LogP contribution in [0.4, 0.5) is 0 Å². The standard InChI is InChI=1S/C21H26Cl2N4O4/c1-14-18(20(25-31-14)19-15(22)5-3-6-16(19)23)21(29)27-10-8-26(9-11-27)13-17(28)24-7-4-12-30-2/h3,5-6H,4,7-13H2,1-2H3,(H,24,28). The van der Waals surface area contributed by atoms with Crippen LogP contribution in [0.3, 0.4) is 0 Å². The van der Waals surface area contributed by atoms with Gasteiger partial charge >= 0.3 is 0 Å². The lowest BCUT2D eigenvalue weighted by Gasteiger charge is -2.34. The van der Waals surface area contributed by atoms with E-state index >= 15 is 0 Å². The molecule has 1 aliphatic rings. The molecular formula is C21H26Cl2N4O4. The lowest BCUT2D eigenvalue weighted by Crippen LogP contribution is -2.51. The lowest BCUT2D eigenvalue weighted by molar-refractivity contribution is -0.122. The van der Waals surface area contributed by atoms with E-state index in [4.69, 9.17) is 32.5 Å². The third-order valence-corrected chi connectivity index (χ3v) is 5.78. The molecule has 1 saturated heterocycles. The summed E-state index contributed by atoms with van der Waals surface area (Å²) in [5.41, 5.74) is 1.19. The number of ether oxygens (including phenoxy) is 1. The number of halogens is 2. The largest absolute Gasteiger partial charge is 0.385 e. The molecule has 1 aliphatic heterocycles. The first-order valence-electron chi connectivity index (χ1n) is 10.1. The summed E-state index contributed by atoms with van der Waals surface area (Å²) in [4.78, 5) is 29.1. The Morgan fingerprint density at radius 2 is 1.87 bits per heavy atom. The number of aryl methyl sites for hydroxylation is 1. The Morgan fingerprint density at radius 3 is 2.52 bits per heavy atom. The first-order valence-corrected chi connectivity index (χ1v) is 10.9. The fourth-order valence-corrected chi connectivity index (χ4v) is 4.07. The molecule has 0 spiro atoms. The molecule has 0 radical (unpaired) electrons. The van der Waals surface area contributed by atoms with Gasteiger partial charge in [0.25, 0.3) is 5.91 Å². The molecule has 2 aromatic rings. The molecule has 8 nitrogen and oxygen atoms in total. The van der Waals surface area contributed by atoms with E-state index in [1.54, 1.807) is 37.1 Å². The van der Waals surface area contributed by atoms with Crippen LogP contribution in [0.5, 0.6) is 0 Å². The van der Waals surface area contributed by atoms with Gasteiger partial charge < -0.3 is 19.5 Å². The SMILES string of the molecule is COCCCNC(=O)CN1CCN(C(=O)c2c(-c3c(Cl)cccc3Cl)noc2C)CC1. The molecule has 1 aromatic heterocycles. The maximum Gasteiger partial charge on any atom is 0.259 e. The minimum absolute atomic E-state index is 0.0265. The van der Waals surface area contributed by atoms with Crippen molar-refractivity contribution in [2.45, 2.75) is 13.3 Å². The summed E-state index contributed by atoms with van der Waals surface area (Å²) in [5.74, 6) is 0.198. The minimum atomic E-state index is -0.187. The van der Waals surface area contributed by atoms with Crippen molar-refractivity contribution in [3.8, 4) is 11.3 Å². The Hall–Kier alpha value is -2.13.